The van der Waals surface area contributed by atoms with Gasteiger partial charge in [0.1, 0.15) is 0 Å². The highest BCUT2D eigenvalue weighted by Crippen LogP contribution is 2.07. The molecule has 1 nitrogen and oxygen atoms in total. The summed E-state index contributed by atoms with van der Waals surface area (Å²) >= 11 is 3.15. The van der Waals surface area contributed by atoms with Crippen LogP contribution < -0.4 is 0 Å². The van der Waals surface area contributed by atoms with Crippen molar-refractivity contribution in [2.75, 3.05) is 5.33 Å². The monoisotopic (exact) mass is 256 g/mol. The molecule has 0 fully saturated rings. The highest BCUT2D eigenvalue weighted by atomic mass is 79.9. The SMILES string of the molecule is C=C(CC)CC=C/C(=C\C)C(=O)CBr. The van der Waals surface area contributed by atoms with Gasteiger partial charge in [-0.25, -0.2) is 0 Å². The van der Waals surface area contributed by atoms with Gasteiger partial charge in [-0.2, -0.15) is 0 Å². The van der Waals surface area contributed by atoms with Crippen molar-refractivity contribution in [3.8, 4) is 0 Å². The lowest BCUT2D eigenvalue weighted by molar-refractivity contribution is -0.112. The fraction of sp³-hybridized carbons (Fsp3) is 0.417. The maximum atomic E-state index is 11.3. The fourth-order valence-electron chi connectivity index (χ4n) is 0.924. The summed E-state index contributed by atoms with van der Waals surface area (Å²) in [5, 5.41) is 0.381. The van der Waals surface area contributed by atoms with Crippen LogP contribution in [-0.4, -0.2) is 11.1 Å². The summed E-state index contributed by atoms with van der Waals surface area (Å²) < 4.78 is 0. The van der Waals surface area contributed by atoms with Gasteiger partial charge in [0.05, 0.1) is 5.33 Å². The number of hydrogen-bond donors (Lipinski definition) is 0. The van der Waals surface area contributed by atoms with Gasteiger partial charge in [-0.3, -0.25) is 4.79 Å². The maximum Gasteiger partial charge on any atom is 0.173 e. The van der Waals surface area contributed by atoms with Crippen LogP contribution in [0.4, 0.5) is 0 Å². The van der Waals surface area contributed by atoms with Crippen LogP contribution in [-0.2, 0) is 4.79 Å². The number of alkyl halides is 1. The van der Waals surface area contributed by atoms with E-state index in [1.807, 2.05) is 25.2 Å². The molecule has 0 aromatic carbocycles. The van der Waals surface area contributed by atoms with E-state index in [9.17, 15) is 4.79 Å². The molecular formula is C12H17BrO. The number of carbonyl (C=O) groups is 1. The topological polar surface area (TPSA) is 17.1 Å². The van der Waals surface area contributed by atoms with Crippen molar-refractivity contribution in [1.82, 2.24) is 0 Å². The van der Waals surface area contributed by atoms with Crippen LogP contribution in [0.2, 0.25) is 0 Å². The van der Waals surface area contributed by atoms with E-state index < -0.39 is 0 Å². The summed E-state index contributed by atoms with van der Waals surface area (Å²) in [6, 6.07) is 0. The van der Waals surface area contributed by atoms with Gasteiger partial charge in [-0.15, -0.1) is 0 Å². The van der Waals surface area contributed by atoms with E-state index in [2.05, 4.69) is 29.4 Å². The minimum atomic E-state index is 0.117. The first kappa shape index (κ1) is 13.4. The van der Waals surface area contributed by atoms with Crippen molar-refractivity contribution in [3.05, 3.63) is 36.0 Å². The number of allylic oxidation sites excluding steroid dienone is 5. The van der Waals surface area contributed by atoms with E-state index in [1.54, 1.807) is 0 Å². The van der Waals surface area contributed by atoms with Gasteiger partial charge in [0.15, 0.2) is 5.78 Å². The Hall–Kier alpha value is -0.630. The predicted octanol–water partition coefficient (Wildman–Crippen LogP) is 3.81. The summed E-state index contributed by atoms with van der Waals surface area (Å²) in [5.74, 6) is 0.117. The number of carbonyl (C=O) groups excluding carboxylic acids is 1. The van der Waals surface area contributed by atoms with E-state index >= 15 is 0 Å². The van der Waals surface area contributed by atoms with Gasteiger partial charge in [0.25, 0.3) is 0 Å². The molecule has 78 valence electrons. The molecule has 0 radical (unpaired) electrons. The molecule has 0 aliphatic heterocycles. The lowest BCUT2D eigenvalue weighted by atomic mass is 10.1. The first-order valence-corrected chi connectivity index (χ1v) is 5.86. The lowest BCUT2D eigenvalue weighted by Crippen LogP contribution is -2.00. The first-order chi connectivity index (χ1) is 6.65. The third-order valence-electron chi connectivity index (χ3n) is 1.96. The summed E-state index contributed by atoms with van der Waals surface area (Å²) in [6.45, 7) is 7.85. The Kier molecular flexibility index (Phi) is 7.40. The zero-order chi connectivity index (χ0) is 11.0. The summed E-state index contributed by atoms with van der Waals surface area (Å²) in [4.78, 5) is 11.3. The number of Topliss-reactive ketones (excluding diaryl/α,β-unsaturated/α-hetero) is 1. The average molecular weight is 257 g/mol. The average Bonchev–Trinajstić information content (AvgIpc) is 2.22. The van der Waals surface area contributed by atoms with E-state index in [0.717, 1.165) is 18.4 Å². The van der Waals surface area contributed by atoms with Crippen LogP contribution in [0.25, 0.3) is 0 Å². The van der Waals surface area contributed by atoms with Crippen molar-refractivity contribution < 1.29 is 4.79 Å². The van der Waals surface area contributed by atoms with Gasteiger partial charge in [0, 0.05) is 5.57 Å². The molecule has 14 heavy (non-hydrogen) atoms. The van der Waals surface area contributed by atoms with Crippen LogP contribution >= 0.6 is 15.9 Å². The second-order valence-electron chi connectivity index (χ2n) is 3.01. The first-order valence-electron chi connectivity index (χ1n) is 4.74. The minimum absolute atomic E-state index is 0.117. The van der Waals surface area contributed by atoms with E-state index in [4.69, 9.17) is 0 Å². The molecule has 0 amide bonds. The molecule has 0 heterocycles. The second-order valence-corrected chi connectivity index (χ2v) is 3.57. The molecule has 0 aliphatic carbocycles. The van der Waals surface area contributed by atoms with Crippen LogP contribution in [0.3, 0.4) is 0 Å². The number of ketones is 1. The molecule has 2 heteroatoms. The van der Waals surface area contributed by atoms with E-state index in [1.165, 1.54) is 5.57 Å². The normalized spacial score (nSPS) is 12.1. The quantitative estimate of drug-likeness (QED) is 0.306. The van der Waals surface area contributed by atoms with Crippen molar-refractivity contribution in [2.24, 2.45) is 0 Å². The minimum Gasteiger partial charge on any atom is -0.293 e. The molecule has 0 saturated heterocycles. The number of halogens is 1. The molecule has 0 saturated carbocycles. The number of rotatable bonds is 6. The molecule has 0 N–H and O–H groups in total. The molecule has 0 aliphatic rings. The van der Waals surface area contributed by atoms with Gasteiger partial charge in [0.2, 0.25) is 0 Å². The summed E-state index contributed by atoms with van der Waals surface area (Å²) in [6.07, 6.45) is 7.52. The Bertz CT molecular complexity index is 261. The zero-order valence-corrected chi connectivity index (χ0v) is 10.4. The molecule has 0 bridgehead atoms. The highest BCUT2D eigenvalue weighted by Gasteiger charge is 2.01. The van der Waals surface area contributed by atoms with Crippen molar-refractivity contribution in [1.29, 1.82) is 0 Å². The standard InChI is InChI=1S/C12H17BrO/c1-4-10(3)7-6-8-11(5-2)12(14)9-13/h5-6,8H,3-4,7,9H2,1-2H3/b8-6?,11-5+. The molecule has 0 rings (SSSR count). The third kappa shape index (κ3) is 5.18. The van der Waals surface area contributed by atoms with Crippen molar-refractivity contribution in [3.63, 3.8) is 0 Å². The van der Waals surface area contributed by atoms with Crippen LogP contribution in [0.5, 0.6) is 0 Å². The number of hydrogen-bond acceptors (Lipinski definition) is 1. The molecule has 0 spiro atoms. The van der Waals surface area contributed by atoms with E-state index in [-0.39, 0.29) is 5.78 Å². The molecular weight excluding hydrogens is 240 g/mol. The Morgan fingerprint density at radius 3 is 2.57 bits per heavy atom. The van der Waals surface area contributed by atoms with Gasteiger partial charge >= 0.3 is 0 Å². The van der Waals surface area contributed by atoms with E-state index in [0.29, 0.717) is 5.33 Å². The van der Waals surface area contributed by atoms with Gasteiger partial charge < -0.3 is 0 Å². The largest absolute Gasteiger partial charge is 0.293 e. The van der Waals surface area contributed by atoms with Gasteiger partial charge in [-0.05, 0) is 19.8 Å². The second kappa shape index (κ2) is 7.74. The van der Waals surface area contributed by atoms with Crippen LogP contribution in [0.15, 0.2) is 36.0 Å². The van der Waals surface area contributed by atoms with Gasteiger partial charge in [-0.1, -0.05) is 53.2 Å². The smallest absolute Gasteiger partial charge is 0.173 e. The molecule has 0 unspecified atom stereocenters. The van der Waals surface area contributed by atoms with Crippen molar-refractivity contribution in [2.45, 2.75) is 26.7 Å². The predicted molar refractivity (Wildman–Crippen MR) is 65.7 cm³/mol. The zero-order valence-electron chi connectivity index (χ0n) is 8.85. The molecule has 0 atom stereocenters. The molecule has 0 aromatic heterocycles. The highest BCUT2D eigenvalue weighted by molar-refractivity contribution is 9.09. The summed E-state index contributed by atoms with van der Waals surface area (Å²) in [7, 11) is 0. The maximum absolute atomic E-state index is 11.3. The Morgan fingerprint density at radius 2 is 2.14 bits per heavy atom. The summed E-state index contributed by atoms with van der Waals surface area (Å²) in [5.41, 5.74) is 1.94. The third-order valence-corrected chi connectivity index (χ3v) is 2.47. The molecule has 0 aromatic rings. The Balaban J connectivity index is 4.20. The Labute approximate surface area is 94.7 Å². The fourth-order valence-corrected chi connectivity index (χ4v) is 1.25. The Morgan fingerprint density at radius 1 is 1.50 bits per heavy atom. The van der Waals surface area contributed by atoms with Crippen LogP contribution in [0, 0.1) is 0 Å². The van der Waals surface area contributed by atoms with Crippen molar-refractivity contribution >= 4 is 21.7 Å². The van der Waals surface area contributed by atoms with Crippen LogP contribution in [0.1, 0.15) is 26.7 Å². The lowest BCUT2D eigenvalue weighted by Gasteiger charge is -1.97.